The quantitative estimate of drug-likeness (QED) is 0.718. The van der Waals surface area contributed by atoms with Crippen LogP contribution < -0.4 is 4.90 Å². The summed E-state index contributed by atoms with van der Waals surface area (Å²) in [5.74, 6) is 0. The molecule has 15 heavy (non-hydrogen) atoms. The van der Waals surface area contributed by atoms with Gasteiger partial charge >= 0.3 is 0 Å². The predicted molar refractivity (Wildman–Crippen MR) is 68.6 cm³/mol. The van der Waals surface area contributed by atoms with Crippen LogP contribution in [0, 0.1) is 6.92 Å². The molecular formula is C14H23N. The molecule has 0 amide bonds. The smallest absolute Gasteiger partial charge is 0.0400 e. The molecule has 0 atom stereocenters. The Morgan fingerprint density at radius 2 is 1.73 bits per heavy atom. The van der Waals surface area contributed by atoms with Gasteiger partial charge in [0, 0.05) is 17.8 Å². The molecule has 0 heterocycles. The molecule has 0 fully saturated rings. The van der Waals surface area contributed by atoms with Crippen molar-refractivity contribution in [1.82, 2.24) is 0 Å². The molecule has 1 nitrogen and oxygen atoms in total. The minimum atomic E-state index is 0.237. The van der Waals surface area contributed by atoms with Crippen LogP contribution in [0.15, 0.2) is 24.3 Å². The highest BCUT2D eigenvalue weighted by atomic mass is 15.2. The van der Waals surface area contributed by atoms with Crippen LogP contribution in [0.2, 0.25) is 0 Å². The SMILES string of the molecule is CCN(c1ccccc1C)C(C)(C)CC. The lowest BCUT2D eigenvalue weighted by atomic mass is 9.97. The molecule has 0 bridgehead atoms. The van der Waals surface area contributed by atoms with E-state index in [-0.39, 0.29) is 5.54 Å². The summed E-state index contributed by atoms with van der Waals surface area (Å²) < 4.78 is 0. The molecule has 0 saturated heterocycles. The first-order chi connectivity index (χ1) is 7.03. The van der Waals surface area contributed by atoms with E-state index in [9.17, 15) is 0 Å². The van der Waals surface area contributed by atoms with Crippen LogP contribution in [0.25, 0.3) is 0 Å². The summed E-state index contributed by atoms with van der Waals surface area (Å²) in [6.07, 6.45) is 1.16. The van der Waals surface area contributed by atoms with Crippen LogP contribution in [-0.4, -0.2) is 12.1 Å². The van der Waals surface area contributed by atoms with Gasteiger partial charge in [0.05, 0.1) is 0 Å². The Labute approximate surface area is 94.1 Å². The molecule has 0 aliphatic carbocycles. The first-order valence-corrected chi connectivity index (χ1v) is 5.86. The van der Waals surface area contributed by atoms with Crippen LogP contribution in [0.4, 0.5) is 5.69 Å². The summed E-state index contributed by atoms with van der Waals surface area (Å²) in [7, 11) is 0. The van der Waals surface area contributed by atoms with E-state index in [0.717, 1.165) is 13.0 Å². The number of benzene rings is 1. The van der Waals surface area contributed by atoms with Crippen LogP contribution in [-0.2, 0) is 0 Å². The summed E-state index contributed by atoms with van der Waals surface area (Å²) in [5, 5.41) is 0. The molecule has 1 aromatic carbocycles. The number of rotatable bonds is 4. The number of aryl methyl sites for hydroxylation is 1. The maximum atomic E-state index is 2.49. The fraction of sp³-hybridized carbons (Fsp3) is 0.571. The van der Waals surface area contributed by atoms with E-state index >= 15 is 0 Å². The zero-order valence-electron chi connectivity index (χ0n) is 10.7. The Balaban J connectivity index is 3.08. The first-order valence-electron chi connectivity index (χ1n) is 5.86. The highest BCUT2D eigenvalue weighted by Crippen LogP contribution is 2.28. The number of nitrogens with zero attached hydrogens (tertiary/aromatic N) is 1. The van der Waals surface area contributed by atoms with Crippen molar-refractivity contribution in [1.29, 1.82) is 0 Å². The van der Waals surface area contributed by atoms with Crippen molar-refractivity contribution >= 4 is 5.69 Å². The second kappa shape index (κ2) is 4.69. The molecular weight excluding hydrogens is 182 g/mol. The Morgan fingerprint density at radius 3 is 2.20 bits per heavy atom. The zero-order valence-corrected chi connectivity index (χ0v) is 10.7. The zero-order chi connectivity index (χ0) is 11.5. The van der Waals surface area contributed by atoms with Gasteiger partial charge in [-0.2, -0.15) is 0 Å². The fourth-order valence-corrected chi connectivity index (χ4v) is 1.98. The minimum absolute atomic E-state index is 0.237. The third kappa shape index (κ3) is 2.53. The maximum Gasteiger partial charge on any atom is 0.0400 e. The number of anilines is 1. The van der Waals surface area contributed by atoms with E-state index in [1.807, 2.05) is 0 Å². The number of hydrogen-bond acceptors (Lipinski definition) is 1. The molecule has 0 aliphatic heterocycles. The standard InChI is InChI=1S/C14H23N/c1-6-14(4,5)15(7-2)13-11-9-8-10-12(13)3/h8-11H,6-7H2,1-5H3. The number of hydrogen-bond donors (Lipinski definition) is 0. The largest absolute Gasteiger partial charge is 0.366 e. The average molecular weight is 205 g/mol. The van der Waals surface area contributed by atoms with Crippen molar-refractivity contribution in [3.05, 3.63) is 29.8 Å². The van der Waals surface area contributed by atoms with Crippen molar-refractivity contribution in [3.8, 4) is 0 Å². The molecule has 0 spiro atoms. The minimum Gasteiger partial charge on any atom is -0.366 e. The van der Waals surface area contributed by atoms with Gasteiger partial charge in [-0.15, -0.1) is 0 Å². The molecule has 84 valence electrons. The van der Waals surface area contributed by atoms with Crippen LogP contribution in [0.1, 0.15) is 39.7 Å². The van der Waals surface area contributed by atoms with Gasteiger partial charge in [-0.3, -0.25) is 0 Å². The van der Waals surface area contributed by atoms with Crippen LogP contribution >= 0.6 is 0 Å². The predicted octanol–water partition coefficient (Wildman–Crippen LogP) is 4.01. The maximum absolute atomic E-state index is 2.49. The lowest BCUT2D eigenvalue weighted by Gasteiger charge is -2.40. The van der Waals surface area contributed by atoms with Gasteiger partial charge < -0.3 is 4.90 Å². The van der Waals surface area contributed by atoms with Crippen molar-refractivity contribution < 1.29 is 0 Å². The molecule has 0 radical (unpaired) electrons. The third-order valence-electron chi connectivity index (χ3n) is 3.32. The van der Waals surface area contributed by atoms with Gasteiger partial charge in [0.25, 0.3) is 0 Å². The molecule has 1 heteroatoms. The van der Waals surface area contributed by atoms with Crippen molar-refractivity contribution in [3.63, 3.8) is 0 Å². The van der Waals surface area contributed by atoms with Gasteiger partial charge in [-0.1, -0.05) is 25.1 Å². The summed E-state index contributed by atoms with van der Waals surface area (Å²) in [6.45, 7) is 12.3. The molecule has 0 saturated carbocycles. The van der Waals surface area contributed by atoms with E-state index in [1.54, 1.807) is 0 Å². The Bertz CT molecular complexity index is 315. The molecule has 0 N–H and O–H groups in total. The van der Waals surface area contributed by atoms with Gasteiger partial charge in [-0.05, 0) is 45.7 Å². The molecule has 0 aliphatic rings. The third-order valence-corrected chi connectivity index (χ3v) is 3.32. The van der Waals surface area contributed by atoms with Crippen LogP contribution in [0.5, 0.6) is 0 Å². The van der Waals surface area contributed by atoms with E-state index in [2.05, 4.69) is 63.8 Å². The molecule has 1 aromatic rings. The van der Waals surface area contributed by atoms with Gasteiger partial charge in [-0.25, -0.2) is 0 Å². The number of para-hydroxylation sites is 1. The van der Waals surface area contributed by atoms with E-state index in [4.69, 9.17) is 0 Å². The normalized spacial score (nSPS) is 11.5. The van der Waals surface area contributed by atoms with E-state index < -0.39 is 0 Å². The molecule has 0 aromatic heterocycles. The Morgan fingerprint density at radius 1 is 1.13 bits per heavy atom. The first kappa shape index (κ1) is 12.1. The second-order valence-electron chi connectivity index (χ2n) is 4.70. The topological polar surface area (TPSA) is 3.24 Å². The van der Waals surface area contributed by atoms with Gasteiger partial charge in [0.1, 0.15) is 0 Å². The van der Waals surface area contributed by atoms with E-state index in [0.29, 0.717) is 0 Å². The molecule has 0 unspecified atom stereocenters. The molecule has 1 rings (SSSR count). The summed E-state index contributed by atoms with van der Waals surface area (Å²) in [6, 6.07) is 8.63. The van der Waals surface area contributed by atoms with Crippen molar-refractivity contribution in [2.75, 3.05) is 11.4 Å². The second-order valence-corrected chi connectivity index (χ2v) is 4.70. The Kier molecular flexibility index (Phi) is 3.78. The highest BCUT2D eigenvalue weighted by molar-refractivity contribution is 5.54. The van der Waals surface area contributed by atoms with Crippen LogP contribution in [0.3, 0.4) is 0 Å². The monoisotopic (exact) mass is 205 g/mol. The summed E-state index contributed by atoms with van der Waals surface area (Å²) in [5.41, 5.74) is 2.97. The summed E-state index contributed by atoms with van der Waals surface area (Å²) >= 11 is 0. The van der Waals surface area contributed by atoms with Gasteiger partial charge in [0.15, 0.2) is 0 Å². The van der Waals surface area contributed by atoms with Gasteiger partial charge in [0.2, 0.25) is 0 Å². The highest BCUT2D eigenvalue weighted by Gasteiger charge is 2.24. The van der Waals surface area contributed by atoms with Crippen molar-refractivity contribution in [2.24, 2.45) is 0 Å². The van der Waals surface area contributed by atoms with Crippen molar-refractivity contribution in [2.45, 2.75) is 46.6 Å². The average Bonchev–Trinajstić information content (AvgIpc) is 2.21. The lowest BCUT2D eigenvalue weighted by molar-refractivity contribution is 0.451. The summed E-state index contributed by atoms with van der Waals surface area (Å²) in [4.78, 5) is 2.49. The lowest BCUT2D eigenvalue weighted by Crippen LogP contribution is -2.43. The van der Waals surface area contributed by atoms with E-state index in [1.165, 1.54) is 11.3 Å². The fourth-order valence-electron chi connectivity index (χ4n) is 1.98. The Hall–Kier alpha value is -0.980.